The Labute approximate surface area is 191 Å². The lowest BCUT2D eigenvalue weighted by Crippen LogP contribution is -2.42. The number of benzene rings is 2. The Morgan fingerprint density at radius 3 is 2.39 bits per heavy atom. The van der Waals surface area contributed by atoms with Gasteiger partial charge in [-0.15, -0.1) is 0 Å². The van der Waals surface area contributed by atoms with Crippen molar-refractivity contribution in [2.24, 2.45) is 5.92 Å². The topological polar surface area (TPSA) is 116 Å². The van der Waals surface area contributed by atoms with Crippen LogP contribution < -0.4 is 15.5 Å². The lowest BCUT2D eigenvalue weighted by Gasteiger charge is -2.18. The summed E-state index contributed by atoms with van der Waals surface area (Å²) in [7, 11) is 0. The predicted molar refractivity (Wildman–Crippen MR) is 122 cm³/mol. The van der Waals surface area contributed by atoms with Gasteiger partial charge in [0, 0.05) is 30.3 Å². The second-order valence-electron chi connectivity index (χ2n) is 8.38. The first-order valence-electron chi connectivity index (χ1n) is 10.8. The van der Waals surface area contributed by atoms with Crippen LogP contribution in [0.2, 0.25) is 0 Å². The Kier molecular flexibility index (Phi) is 6.00. The molecule has 1 saturated heterocycles. The maximum Gasteiger partial charge on any atom is 0.326 e. The summed E-state index contributed by atoms with van der Waals surface area (Å²) in [5, 5.41) is 15.3. The van der Waals surface area contributed by atoms with E-state index in [1.165, 1.54) is 4.90 Å². The van der Waals surface area contributed by atoms with E-state index in [0.717, 1.165) is 11.1 Å². The van der Waals surface area contributed by atoms with Gasteiger partial charge in [-0.25, -0.2) is 9.69 Å². The third kappa shape index (κ3) is 4.24. The standard InChI is InChI=1S/C25H25N3O5/c1-14-4-3-5-15(2)21(14)22(29)27-20(25(32)33)12-16-6-8-17(9-7-16)28-23(30)18-10-11-26-13-19(18)24(28)31/h3-9,13,18,20,26H,10-12H2,1-2H3,(H,27,29)(H,32,33). The molecular formula is C25H25N3O5. The number of carboxylic acid groups (broad SMARTS) is 1. The minimum Gasteiger partial charge on any atom is -0.480 e. The quantitative estimate of drug-likeness (QED) is 0.584. The molecule has 2 atom stereocenters. The number of carbonyl (C=O) groups excluding carboxylic acids is 3. The molecule has 2 unspecified atom stereocenters. The molecular weight excluding hydrogens is 422 g/mol. The molecule has 0 aliphatic carbocycles. The molecule has 2 aromatic carbocycles. The fourth-order valence-electron chi connectivity index (χ4n) is 4.38. The van der Waals surface area contributed by atoms with Gasteiger partial charge in [-0.1, -0.05) is 30.3 Å². The van der Waals surface area contributed by atoms with Crippen LogP contribution >= 0.6 is 0 Å². The van der Waals surface area contributed by atoms with Crippen LogP contribution in [0.15, 0.2) is 54.2 Å². The van der Waals surface area contributed by atoms with E-state index in [-0.39, 0.29) is 18.2 Å². The van der Waals surface area contributed by atoms with Crippen LogP contribution in [-0.2, 0) is 20.8 Å². The zero-order valence-electron chi connectivity index (χ0n) is 18.4. The van der Waals surface area contributed by atoms with Crippen LogP contribution in [0.25, 0.3) is 0 Å². The second kappa shape index (κ2) is 8.90. The fraction of sp³-hybridized carbons (Fsp3) is 0.280. The number of carbonyl (C=O) groups is 4. The summed E-state index contributed by atoms with van der Waals surface area (Å²) in [5.41, 5.74) is 3.57. The van der Waals surface area contributed by atoms with Crippen LogP contribution in [0.5, 0.6) is 0 Å². The molecule has 170 valence electrons. The molecule has 2 aliphatic heterocycles. The molecule has 8 nitrogen and oxygen atoms in total. The Hall–Kier alpha value is -3.94. The fourth-order valence-corrected chi connectivity index (χ4v) is 4.38. The van der Waals surface area contributed by atoms with Gasteiger partial charge in [0.1, 0.15) is 6.04 Å². The number of aliphatic carboxylic acids is 1. The average Bonchev–Trinajstić information content (AvgIpc) is 3.04. The number of amides is 3. The minimum absolute atomic E-state index is 0.0614. The highest BCUT2D eigenvalue weighted by atomic mass is 16.4. The summed E-state index contributed by atoms with van der Waals surface area (Å²) in [6, 6.07) is 10.9. The molecule has 0 aromatic heterocycles. The van der Waals surface area contributed by atoms with Crippen molar-refractivity contribution in [1.29, 1.82) is 0 Å². The first-order valence-corrected chi connectivity index (χ1v) is 10.8. The van der Waals surface area contributed by atoms with Gasteiger partial charge in [-0.3, -0.25) is 14.4 Å². The number of nitrogens with zero attached hydrogens (tertiary/aromatic N) is 1. The van der Waals surface area contributed by atoms with Crippen molar-refractivity contribution >= 4 is 29.4 Å². The van der Waals surface area contributed by atoms with E-state index in [0.29, 0.717) is 35.4 Å². The van der Waals surface area contributed by atoms with Crippen molar-refractivity contribution in [2.45, 2.75) is 32.7 Å². The number of carboxylic acids is 1. The summed E-state index contributed by atoms with van der Waals surface area (Å²) in [4.78, 5) is 51.2. The van der Waals surface area contributed by atoms with Gasteiger partial charge in [0.05, 0.1) is 11.6 Å². The number of hydrogen-bond donors (Lipinski definition) is 3. The van der Waals surface area contributed by atoms with Crippen molar-refractivity contribution in [1.82, 2.24) is 10.6 Å². The van der Waals surface area contributed by atoms with E-state index in [2.05, 4.69) is 10.6 Å². The van der Waals surface area contributed by atoms with Crippen LogP contribution in [-0.4, -0.2) is 41.4 Å². The van der Waals surface area contributed by atoms with Crippen LogP contribution in [0.1, 0.15) is 33.5 Å². The molecule has 0 radical (unpaired) electrons. The van der Waals surface area contributed by atoms with Crippen molar-refractivity contribution in [3.8, 4) is 0 Å². The van der Waals surface area contributed by atoms with E-state index in [4.69, 9.17) is 0 Å². The maximum absolute atomic E-state index is 12.7. The Balaban J connectivity index is 1.49. The Morgan fingerprint density at radius 2 is 1.79 bits per heavy atom. The number of hydrogen-bond acceptors (Lipinski definition) is 5. The monoisotopic (exact) mass is 447 g/mol. The number of rotatable bonds is 6. The normalized spacial score (nSPS) is 18.3. The maximum atomic E-state index is 12.7. The molecule has 1 fully saturated rings. The van der Waals surface area contributed by atoms with Crippen molar-refractivity contribution < 1.29 is 24.3 Å². The summed E-state index contributed by atoms with van der Waals surface area (Å²) < 4.78 is 0. The molecule has 33 heavy (non-hydrogen) atoms. The van der Waals surface area contributed by atoms with Crippen molar-refractivity contribution in [3.63, 3.8) is 0 Å². The number of imide groups is 1. The van der Waals surface area contributed by atoms with Gasteiger partial charge in [-0.2, -0.15) is 0 Å². The molecule has 2 heterocycles. The largest absolute Gasteiger partial charge is 0.480 e. The van der Waals surface area contributed by atoms with Gasteiger partial charge in [-0.05, 0) is 49.1 Å². The summed E-state index contributed by atoms with van der Waals surface area (Å²) in [5.74, 6) is -2.59. The van der Waals surface area contributed by atoms with Crippen molar-refractivity contribution in [2.75, 3.05) is 11.4 Å². The highest BCUT2D eigenvalue weighted by Gasteiger charge is 2.44. The summed E-state index contributed by atoms with van der Waals surface area (Å²) >= 11 is 0. The zero-order chi connectivity index (χ0) is 23.7. The molecule has 3 amide bonds. The predicted octanol–water partition coefficient (Wildman–Crippen LogP) is 2.10. The lowest BCUT2D eigenvalue weighted by molar-refractivity contribution is -0.139. The Bertz CT molecular complexity index is 1150. The second-order valence-corrected chi connectivity index (χ2v) is 8.38. The molecule has 0 bridgehead atoms. The van der Waals surface area contributed by atoms with Crippen LogP contribution in [0.3, 0.4) is 0 Å². The number of fused-ring (bicyclic) bond motifs is 1. The lowest BCUT2D eigenvalue weighted by atomic mass is 9.97. The first-order chi connectivity index (χ1) is 15.8. The number of nitrogens with one attached hydrogen (secondary N) is 2. The smallest absolute Gasteiger partial charge is 0.326 e. The number of anilines is 1. The Morgan fingerprint density at radius 1 is 1.12 bits per heavy atom. The highest BCUT2D eigenvalue weighted by molar-refractivity contribution is 6.29. The van der Waals surface area contributed by atoms with Crippen LogP contribution in [0, 0.1) is 19.8 Å². The van der Waals surface area contributed by atoms with E-state index < -0.39 is 23.8 Å². The van der Waals surface area contributed by atoms with Gasteiger partial charge in [0.25, 0.3) is 11.8 Å². The van der Waals surface area contributed by atoms with Crippen molar-refractivity contribution in [3.05, 3.63) is 76.5 Å². The molecule has 2 aliphatic rings. The summed E-state index contributed by atoms with van der Waals surface area (Å²) in [6.45, 7) is 4.25. The van der Waals surface area contributed by atoms with E-state index in [9.17, 15) is 24.3 Å². The third-order valence-corrected chi connectivity index (χ3v) is 6.12. The average molecular weight is 447 g/mol. The molecule has 4 rings (SSSR count). The van der Waals surface area contributed by atoms with Crippen LogP contribution in [0.4, 0.5) is 5.69 Å². The third-order valence-electron chi connectivity index (χ3n) is 6.12. The molecule has 0 saturated carbocycles. The van der Waals surface area contributed by atoms with E-state index in [1.54, 1.807) is 56.4 Å². The van der Waals surface area contributed by atoms with Gasteiger partial charge in [0.2, 0.25) is 5.91 Å². The SMILES string of the molecule is Cc1cccc(C)c1C(=O)NC(Cc1ccc(N2C(=O)C3=CNCCC3C2=O)cc1)C(=O)O. The van der Waals surface area contributed by atoms with E-state index >= 15 is 0 Å². The van der Waals surface area contributed by atoms with Gasteiger partial charge in [0.15, 0.2) is 0 Å². The first kappa shape index (κ1) is 22.3. The van der Waals surface area contributed by atoms with Gasteiger partial charge < -0.3 is 15.7 Å². The molecule has 3 N–H and O–H groups in total. The molecule has 8 heteroatoms. The highest BCUT2D eigenvalue weighted by Crippen LogP contribution is 2.33. The van der Waals surface area contributed by atoms with Gasteiger partial charge >= 0.3 is 5.97 Å². The zero-order valence-corrected chi connectivity index (χ0v) is 18.4. The molecule has 0 spiro atoms. The minimum atomic E-state index is -1.15. The summed E-state index contributed by atoms with van der Waals surface area (Å²) in [6.07, 6.45) is 2.25. The van der Waals surface area contributed by atoms with E-state index in [1.807, 2.05) is 6.07 Å². The number of aryl methyl sites for hydroxylation is 2. The molecule has 2 aromatic rings.